The number of furan rings is 1. The number of aromatic amines is 1. The number of aromatic nitrogens is 3. The zero-order chi connectivity index (χ0) is 9.26. The van der Waals surface area contributed by atoms with Gasteiger partial charge in [-0.05, 0) is 22.0 Å². The van der Waals surface area contributed by atoms with Crippen molar-refractivity contribution in [3.63, 3.8) is 0 Å². The lowest BCUT2D eigenvalue weighted by atomic mass is 10.2. The standard InChI is InChI=1S/C7H4BrN3O2/c8-4-1-2-13-7(4)6(12)5-3-9-11-10-5/h1-3H,(H,9,10,11). The van der Waals surface area contributed by atoms with E-state index in [1.165, 1.54) is 12.5 Å². The monoisotopic (exact) mass is 241 g/mol. The van der Waals surface area contributed by atoms with Gasteiger partial charge in [0, 0.05) is 0 Å². The van der Waals surface area contributed by atoms with Crippen molar-refractivity contribution in [3.8, 4) is 0 Å². The molecule has 6 heteroatoms. The number of hydrogen-bond acceptors (Lipinski definition) is 4. The fourth-order valence-corrected chi connectivity index (χ4v) is 1.26. The maximum Gasteiger partial charge on any atom is 0.251 e. The normalized spacial score (nSPS) is 10.2. The number of carbonyl (C=O) groups excluding carboxylic acids is 1. The summed E-state index contributed by atoms with van der Waals surface area (Å²) >= 11 is 3.18. The van der Waals surface area contributed by atoms with Gasteiger partial charge in [0.05, 0.1) is 16.9 Å². The number of ketones is 1. The molecule has 0 aliphatic heterocycles. The van der Waals surface area contributed by atoms with Crippen molar-refractivity contribution < 1.29 is 9.21 Å². The van der Waals surface area contributed by atoms with Crippen LogP contribution in [0.2, 0.25) is 0 Å². The summed E-state index contributed by atoms with van der Waals surface area (Å²) in [6.45, 7) is 0. The summed E-state index contributed by atoms with van der Waals surface area (Å²) in [5.74, 6) is -0.0699. The van der Waals surface area contributed by atoms with Gasteiger partial charge in [0.15, 0.2) is 11.5 Å². The Bertz CT molecular complexity index is 421. The molecule has 2 rings (SSSR count). The van der Waals surface area contributed by atoms with E-state index >= 15 is 0 Å². The van der Waals surface area contributed by atoms with E-state index in [1.807, 2.05) is 0 Å². The highest BCUT2D eigenvalue weighted by molar-refractivity contribution is 9.10. The first-order valence-electron chi connectivity index (χ1n) is 3.42. The second-order valence-electron chi connectivity index (χ2n) is 2.28. The zero-order valence-electron chi connectivity index (χ0n) is 6.32. The lowest BCUT2D eigenvalue weighted by Crippen LogP contribution is -2.00. The summed E-state index contributed by atoms with van der Waals surface area (Å²) in [6, 6.07) is 1.65. The maximum atomic E-state index is 11.5. The summed E-state index contributed by atoms with van der Waals surface area (Å²) in [4.78, 5) is 11.5. The topological polar surface area (TPSA) is 71.8 Å². The summed E-state index contributed by atoms with van der Waals surface area (Å²) in [7, 11) is 0. The molecule has 0 radical (unpaired) electrons. The van der Waals surface area contributed by atoms with Crippen LogP contribution in [0.4, 0.5) is 0 Å². The molecule has 0 fully saturated rings. The first kappa shape index (κ1) is 8.18. The van der Waals surface area contributed by atoms with Crippen LogP contribution in [0, 0.1) is 0 Å². The van der Waals surface area contributed by atoms with Crippen LogP contribution in [0.15, 0.2) is 27.4 Å². The quantitative estimate of drug-likeness (QED) is 0.807. The minimum Gasteiger partial charge on any atom is -0.460 e. The molecule has 2 aromatic heterocycles. The highest BCUT2D eigenvalue weighted by Crippen LogP contribution is 2.19. The molecule has 2 heterocycles. The van der Waals surface area contributed by atoms with E-state index in [4.69, 9.17) is 4.42 Å². The molecule has 0 aliphatic carbocycles. The van der Waals surface area contributed by atoms with Crippen LogP contribution in [-0.4, -0.2) is 21.2 Å². The Morgan fingerprint density at radius 3 is 3.00 bits per heavy atom. The Morgan fingerprint density at radius 2 is 2.46 bits per heavy atom. The molecule has 0 aromatic carbocycles. The molecule has 13 heavy (non-hydrogen) atoms. The Hall–Kier alpha value is -1.43. The van der Waals surface area contributed by atoms with Gasteiger partial charge in [0.1, 0.15) is 0 Å². The number of nitrogens with one attached hydrogen (secondary N) is 1. The van der Waals surface area contributed by atoms with Gasteiger partial charge >= 0.3 is 0 Å². The fraction of sp³-hybridized carbons (Fsp3) is 0. The molecule has 0 unspecified atom stereocenters. The van der Waals surface area contributed by atoms with Crippen LogP contribution >= 0.6 is 15.9 Å². The number of carbonyl (C=O) groups is 1. The van der Waals surface area contributed by atoms with Crippen molar-refractivity contribution in [1.29, 1.82) is 0 Å². The first-order chi connectivity index (χ1) is 6.29. The average Bonchev–Trinajstić information content (AvgIpc) is 2.72. The van der Waals surface area contributed by atoms with Crippen molar-refractivity contribution >= 4 is 21.7 Å². The number of rotatable bonds is 2. The molecular weight excluding hydrogens is 238 g/mol. The van der Waals surface area contributed by atoms with Crippen molar-refractivity contribution in [1.82, 2.24) is 15.4 Å². The SMILES string of the molecule is O=C(c1cn[nH]n1)c1occc1Br. The van der Waals surface area contributed by atoms with Gasteiger partial charge in [-0.2, -0.15) is 15.4 Å². The maximum absolute atomic E-state index is 11.5. The van der Waals surface area contributed by atoms with Gasteiger partial charge in [-0.25, -0.2) is 0 Å². The smallest absolute Gasteiger partial charge is 0.251 e. The molecule has 0 atom stereocenters. The second kappa shape index (κ2) is 3.14. The first-order valence-corrected chi connectivity index (χ1v) is 4.22. The van der Waals surface area contributed by atoms with E-state index in [1.54, 1.807) is 6.07 Å². The Morgan fingerprint density at radius 1 is 1.62 bits per heavy atom. The van der Waals surface area contributed by atoms with Crippen molar-refractivity contribution in [3.05, 3.63) is 34.5 Å². The number of hydrogen-bond donors (Lipinski definition) is 1. The van der Waals surface area contributed by atoms with Gasteiger partial charge in [-0.1, -0.05) is 0 Å². The summed E-state index contributed by atoms with van der Waals surface area (Å²) in [5.41, 5.74) is 0.232. The van der Waals surface area contributed by atoms with Gasteiger partial charge in [0.2, 0.25) is 0 Å². The van der Waals surface area contributed by atoms with E-state index in [0.29, 0.717) is 4.47 Å². The van der Waals surface area contributed by atoms with Gasteiger partial charge in [-0.15, -0.1) is 0 Å². The van der Waals surface area contributed by atoms with Crippen LogP contribution in [-0.2, 0) is 0 Å². The molecule has 5 nitrogen and oxygen atoms in total. The number of nitrogens with zero attached hydrogens (tertiary/aromatic N) is 2. The fourth-order valence-electron chi connectivity index (χ4n) is 0.883. The van der Waals surface area contributed by atoms with Gasteiger partial charge in [0.25, 0.3) is 5.78 Å². The molecule has 0 saturated heterocycles. The van der Waals surface area contributed by atoms with E-state index in [2.05, 4.69) is 31.3 Å². The van der Waals surface area contributed by atoms with Crippen molar-refractivity contribution in [2.24, 2.45) is 0 Å². The Balaban J connectivity index is 2.39. The third-order valence-corrected chi connectivity index (χ3v) is 2.10. The lowest BCUT2D eigenvalue weighted by Gasteiger charge is -1.90. The third kappa shape index (κ3) is 1.40. The summed E-state index contributed by atoms with van der Waals surface area (Å²) < 4.78 is 5.58. The third-order valence-electron chi connectivity index (χ3n) is 1.47. The molecule has 0 aliphatic rings. The predicted molar refractivity (Wildman–Crippen MR) is 46.2 cm³/mol. The summed E-state index contributed by atoms with van der Waals surface area (Å²) in [6.07, 6.45) is 2.77. The van der Waals surface area contributed by atoms with E-state index in [-0.39, 0.29) is 17.2 Å². The van der Waals surface area contributed by atoms with E-state index < -0.39 is 0 Å². The zero-order valence-corrected chi connectivity index (χ0v) is 7.91. The van der Waals surface area contributed by atoms with Crippen molar-refractivity contribution in [2.75, 3.05) is 0 Å². The number of halogens is 1. The minimum absolute atomic E-state index is 0.230. The highest BCUT2D eigenvalue weighted by Gasteiger charge is 2.17. The molecule has 0 bridgehead atoms. The molecule has 0 spiro atoms. The van der Waals surface area contributed by atoms with Gasteiger partial charge < -0.3 is 4.42 Å². The molecule has 66 valence electrons. The number of H-pyrrole nitrogens is 1. The molecule has 0 saturated carbocycles. The van der Waals surface area contributed by atoms with Crippen LogP contribution in [0.3, 0.4) is 0 Å². The Labute approximate surface area is 81.3 Å². The van der Waals surface area contributed by atoms with Crippen LogP contribution < -0.4 is 0 Å². The average molecular weight is 242 g/mol. The molecule has 1 N–H and O–H groups in total. The lowest BCUT2D eigenvalue weighted by molar-refractivity contribution is 0.100. The largest absolute Gasteiger partial charge is 0.460 e. The van der Waals surface area contributed by atoms with Crippen LogP contribution in [0.5, 0.6) is 0 Å². The van der Waals surface area contributed by atoms with Crippen LogP contribution in [0.25, 0.3) is 0 Å². The van der Waals surface area contributed by atoms with E-state index in [0.717, 1.165) is 0 Å². The summed E-state index contributed by atoms with van der Waals surface area (Å²) in [5, 5.41) is 9.53. The second-order valence-corrected chi connectivity index (χ2v) is 3.14. The highest BCUT2D eigenvalue weighted by atomic mass is 79.9. The van der Waals surface area contributed by atoms with Crippen molar-refractivity contribution in [2.45, 2.75) is 0 Å². The minimum atomic E-state index is -0.300. The predicted octanol–water partition coefficient (Wildman–Crippen LogP) is 1.39. The molecule has 2 aromatic rings. The molecular formula is C7H4BrN3O2. The Kier molecular flexibility index (Phi) is 1.97. The van der Waals surface area contributed by atoms with Gasteiger partial charge in [-0.3, -0.25) is 4.79 Å². The van der Waals surface area contributed by atoms with Crippen LogP contribution in [0.1, 0.15) is 16.2 Å². The molecule has 0 amide bonds. The van der Waals surface area contributed by atoms with E-state index in [9.17, 15) is 4.79 Å².